The van der Waals surface area contributed by atoms with Crippen molar-refractivity contribution in [1.82, 2.24) is 0 Å². The molecule has 1 aliphatic rings. The molecular weight excluding hydrogens is 242 g/mol. The van der Waals surface area contributed by atoms with Crippen LogP contribution in [0.25, 0.3) is 0 Å². The molecule has 0 bridgehead atoms. The fourth-order valence-electron chi connectivity index (χ4n) is 1.65. The normalized spacial score (nSPS) is 21.9. The van der Waals surface area contributed by atoms with Gasteiger partial charge in [-0.25, -0.2) is 0 Å². The van der Waals surface area contributed by atoms with Crippen molar-refractivity contribution in [3.8, 4) is 0 Å². The van der Waals surface area contributed by atoms with E-state index in [0.29, 0.717) is 6.04 Å². The maximum atomic E-state index is 5.42. The van der Waals surface area contributed by atoms with Gasteiger partial charge < -0.3 is 10.1 Å². The second-order valence-electron chi connectivity index (χ2n) is 3.54. The standard InChI is InChI=1S/C11H14BrNO/c12-10-5-1-2-6-11(10)13-9-4-3-7-14-8-9/h1-2,5-6,9,13H,3-4,7-8H2. The molecule has 76 valence electrons. The molecule has 0 spiro atoms. The van der Waals surface area contributed by atoms with Crippen LogP contribution in [0.1, 0.15) is 12.8 Å². The molecule has 0 aliphatic carbocycles. The number of benzene rings is 1. The summed E-state index contributed by atoms with van der Waals surface area (Å²) >= 11 is 3.52. The Morgan fingerprint density at radius 1 is 1.36 bits per heavy atom. The quantitative estimate of drug-likeness (QED) is 0.878. The average molecular weight is 256 g/mol. The number of rotatable bonds is 2. The monoisotopic (exact) mass is 255 g/mol. The van der Waals surface area contributed by atoms with Crippen molar-refractivity contribution >= 4 is 21.6 Å². The zero-order chi connectivity index (χ0) is 9.80. The van der Waals surface area contributed by atoms with E-state index < -0.39 is 0 Å². The molecule has 1 aliphatic heterocycles. The fourth-order valence-corrected chi connectivity index (χ4v) is 2.05. The molecule has 0 amide bonds. The summed E-state index contributed by atoms with van der Waals surface area (Å²) in [5.74, 6) is 0. The summed E-state index contributed by atoms with van der Waals surface area (Å²) in [4.78, 5) is 0. The molecule has 1 N–H and O–H groups in total. The predicted octanol–water partition coefficient (Wildman–Crippen LogP) is 3.04. The minimum Gasteiger partial charge on any atom is -0.379 e. The Morgan fingerprint density at radius 2 is 2.21 bits per heavy atom. The smallest absolute Gasteiger partial charge is 0.0667 e. The maximum Gasteiger partial charge on any atom is 0.0667 e. The first kappa shape index (κ1) is 9.99. The van der Waals surface area contributed by atoms with Crippen LogP contribution in [0.5, 0.6) is 0 Å². The highest BCUT2D eigenvalue weighted by Crippen LogP contribution is 2.23. The molecule has 0 radical (unpaired) electrons. The lowest BCUT2D eigenvalue weighted by Gasteiger charge is -2.24. The molecule has 2 rings (SSSR count). The highest BCUT2D eigenvalue weighted by Gasteiger charge is 2.13. The van der Waals surface area contributed by atoms with Crippen LogP contribution in [0.4, 0.5) is 5.69 Å². The minimum atomic E-state index is 0.461. The lowest BCUT2D eigenvalue weighted by molar-refractivity contribution is 0.0876. The van der Waals surface area contributed by atoms with Crippen molar-refractivity contribution in [2.45, 2.75) is 18.9 Å². The molecule has 2 nitrogen and oxygen atoms in total. The number of hydrogen-bond acceptors (Lipinski definition) is 2. The zero-order valence-corrected chi connectivity index (χ0v) is 9.59. The van der Waals surface area contributed by atoms with Crippen LogP contribution in [-0.2, 0) is 4.74 Å². The minimum absolute atomic E-state index is 0.461. The van der Waals surface area contributed by atoms with E-state index in [4.69, 9.17) is 4.74 Å². The third-order valence-electron chi connectivity index (χ3n) is 2.39. The van der Waals surface area contributed by atoms with Crippen LogP contribution < -0.4 is 5.32 Å². The summed E-state index contributed by atoms with van der Waals surface area (Å²) in [6, 6.07) is 8.65. The van der Waals surface area contributed by atoms with Gasteiger partial charge >= 0.3 is 0 Å². The summed E-state index contributed by atoms with van der Waals surface area (Å²) in [7, 11) is 0. The Labute approximate surface area is 92.8 Å². The van der Waals surface area contributed by atoms with E-state index in [1.54, 1.807) is 0 Å². The topological polar surface area (TPSA) is 21.3 Å². The average Bonchev–Trinajstić information content (AvgIpc) is 2.23. The van der Waals surface area contributed by atoms with E-state index in [9.17, 15) is 0 Å². The van der Waals surface area contributed by atoms with Crippen LogP contribution in [0, 0.1) is 0 Å². The summed E-state index contributed by atoms with van der Waals surface area (Å²) in [5, 5.41) is 3.48. The Morgan fingerprint density at radius 3 is 2.93 bits per heavy atom. The Bertz CT molecular complexity index is 297. The van der Waals surface area contributed by atoms with Crippen LogP contribution in [0.15, 0.2) is 28.7 Å². The van der Waals surface area contributed by atoms with Gasteiger partial charge in [-0.1, -0.05) is 12.1 Å². The number of para-hydroxylation sites is 1. The van der Waals surface area contributed by atoms with Gasteiger partial charge in [0.15, 0.2) is 0 Å². The molecule has 1 unspecified atom stereocenters. The van der Waals surface area contributed by atoms with Gasteiger partial charge in [-0.2, -0.15) is 0 Å². The van der Waals surface area contributed by atoms with Crippen molar-refractivity contribution in [3.63, 3.8) is 0 Å². The molecule has 1 fully saturated rings. The molecule has 3 heteroatoms. The Kier molecular flexibility index (Phi) is 3.43. The first-order valence-electron chi connectivity index (χ1n) is 4.95. The van der Waals surface area contributed by atoms with Gasteiger partial charge in [0, 0.05) is 22.8 Å². The Hall–Kier alpha value is -0.540. The second kappa shape index (κ2) is 4.80. The van der Waals surface area contributed by atoms with Gasteiger partial charge in [-0.3, -0.25) is 0 Å². The van der Waals surface area contributed by atoms with E-state index in [2.05, 4.69) is 27.3 Å². The van der Waals surface area contributed by atoms with Crippen LogP contribution in [-0.4, -0.2) is 19.3 Å². The number of ether oxygens (including phenoxy) is 1. The molecule has 14 heavy (non-hydrogen) atoms. The van der Waals surface area contributed by atoms with Crippen molar-refractivity contribution in [2.75, 3.05) is 18.5 Å². The van der Waals surface area contributed by atoms with Gasteiger partial charge in [-0.15, -0.1) is 0 Å². The van der Waals surface area contributed by atoms with Gasteiger partial charge in [0.1, 0.15) is 0 Å². The zero-order valence-electron chi connectivity index (χ0n) is 8.00. The SMILES string of the molecule is Brc1ccccc1NC1CCCOC1. The van der Waals surface area contributed by atoms with Gasteiger partial charge in [0.2, 0.25) is 0 Å². The lowest BCUT2D eigenvalue weighted by Crippen LogP contribution is -2.30. The van der Waals surface area contributed by atoms with Crippen molar-refractivity contribution in [3.05, 3.63) is 28.7 Å². The van der Waals surface area contributed by atoms with Gasteiger partial charge in [0.25, 0.3) is 0 Å². The Balaban J connectivity index is 1.99. The number of halogens is 1. The molecule has 1 aromatic rings. The van der Waals surface area contributed by atoms with E-state index in [1.165, 1.54) is 6.42 Å². The highest BCUT2D eigenvalue weighted by atomic mass is 79.9. The van der Waals surface area contributed by atoms with E-state index >= 15 is 0 Å². The summed E-state index contributed by atoms with van der Waals surface area (Å²) < 4.78 is 6.53. The van der Waals surface area contributed by atoms with Crippen molar-refractivity contribution in [2.24, 2.45) is 0 Å². The second-order valence-corrected chi connectivity index (χ2v) is 4.39. The molecule has 1 heterocycles. The summed E-state index contributed by atoms with van der Waals surface area (Å²) in [5.41, 5.74) is 1.16. The molecule has 0 aromatic heterocycles. The summed E-state index contributed by atoms with van der Waals surface area (Å²) in [6.45, 7) is 1.73. The van der Waals surface area contributed by atoms with E-state index in [-0.39, 0.29) is 0 Å². The lowest BCUT2D eigenvalue weighted by atomic mass is 10.1. The first-order chi connectivity index (χ1) is 6.86. The third-order valence-corrected chi connectivity index (χ3v) is 3.09. The summed E-state index contributed by atoms with van der Waals surface area (Å²) in [6.07, 6.45) is 2.35. The highest BCUT2D eigenvalue weighted by molar-refractivity contribution is 9.10. The predicted molar refractivity (Wildman–Crippen MR) is 61.6 cm³/mol. The van der Waals surface area contributed by atoms with Gasteiger partial charge in [-0.05, 0) is 40.9 Å². The fraction of sp³-hybridized carbons (Fsp3) is 0.455. The number of nitrogens with one attached hydrogen (secondary N) is 1. The van der Waals surface area contributed by atoms with Crippen molar-refractivity contribution < 1.29 is 4.74 Å². The molecule has 0 saturated carbocycles. The third kappa shape index (κ3) is 2.49. The van der Waals surface area contributed by atoms with Crippen LogP contribution in [0.3, 0.4) is 0 Å². The molecule has 1 aromatic carbocycles. The molecule has 1 atom stereocenters. The van der Waals surface area contributed by atoms with Crippen LogP contribution >= 0.6 is 15.9 Å². The van der Waals surface area contributed by atoms with E-state index in [1.807, 2.05) is 18.2 Å². The largest absolute Gasteiger partial charge is 0.379 e. The first-order valence-corrected chi connectivity index (χ1v) is 5.74. The van der Waals surface area contributed by atoms with Crippen molar-refractivity contribution in [1.29, 1.82) is 0 Å². The van der Waals surface area contributed by atoms with Gasteiger partial charge in [0.05, 0.1) is 6.61 Å². The van der Waals surface area contributed by atoms with E-state index in [0.717, 1.165) is 29.8 Å². The van der Waals surface area contributed by atoms with Crippen LogP contribution in [0.2, 0.25) is 0 Å². The number of anilines is 1. The molecule has 1 saturated heterocycles. The maximum absolute atomic E-state index is 5.42. The number of hydrogen-bond donors (Lipinski definition) is 1. The molecular formula is C11H14BrNO.